The molecule has 0 aliphatic heterocycles. The number of hydrogen-bond acceptors (Lipinski definition) is 2. The lowest BCUT2D eigenvalue weighted by molar-refractivity contribution is -0.152. The molecular weight excluding hydrogens is 159 g/mol. The Hall–Kier alpha value is -0.580. The fraction of sp³-hybridized carbons (Fsp3) is 0.833. The summed E-state index contributed by atoms with van der Waals surface area (Å²) in [7, 11) is 3.10. The molecule has 0 N–H and O–H groups in total. The minimum absolute atomic E-state index is 0.153. The SMILES string of the molecule is CN(C)CC(=O)CC(F)(F)F. The summed E-state index contributed by atoms with van der Waals surface area (Å²) in [6.07, 6.45) is -5.70. The van der Waals surface area contributed by atoms with Crippen LogP contribution in [-0.2, 0) is 4.79 Å². The Morgan fingerprint density at radius 1 is 1.36 bits per heavy atom. The van der Waals surface area contributed by atoms with Gasteiger partial charge in [0.15, 0.2) is 5.78 Å². The zero-order valence-corrected chi connectivity index (χ0v) is 6.40. The van der Waals surface area contributed by atoms with Crippen LogP contribution in [0.2, 0.25) is 0 Å². The molecule has 0 saturated heterocycles. The number of alkyl halides is 3. The second kappa shape index (κ2) is 3.71. The van der Waals surface area contributed by atoms with Crippen molar-refractivity contribution in [1.29, 1.82) is 0 Å². The first-order valence-corrected chi connectivity index (χ1v) is 3.04. The van der Waals surface area contributed by atoms with Crippen LogP contribution in [0.5, 0.6) is 0 Å². The highest BCUT2D eigenvalue weighted by Gasteiger charge is 2.30. The van der Waals surface area contributed by atoms with Crippen LogP contribution >= 0.6 is 0 Å². The number of likely N-dealkylation sites (N-methyl/N-ethyl adjacent to an activating group) is 1. The van der Waals surface area contributed by atoms with Crippen LogP contribution in [0.1, 0.15) is 6.42 Å². The summed E-state index contributed by atoms with van der Waals surface area (Å²) in [5.41, 5.74) is 0. The summed E-state index contributed by atoms with van der Waals surface area (Å²) >= 11 is 0. The predicted octanol–water partition coefficient (Wildman–Crippen LogP) is 1.07. The summed E-state index contributed by atoms with van der Waals surface area (Å²) < 4.78 is 34.6. The normalized spacial score (nSPS) is 12.2. The number of carbonyl (C=O) groups is 1. The highest BCUT2D eigenvalue weighted by atomic mass is 19.4. The van der Waals surface area contributed by atoms with Gasteiger partial charge in [-0.2, -0.15) is 13.2 Å². The van der Waals surface area contributed by atoms with Crippen molar-refractivity contribution in [2.45, 2.75) is 12.6 Å². The van der Waals surface area contributed by atoms with Crippen molar-refractivity contribution < 1.29 is 18.0 Å². The third-order valence-electron chi connectivity index (χ3n) is 0.890. The van der Waals surface area contributed by atoms with Crippen molar-refractivity contribution in [3.8, 4) is 0 Å². The van der Waals surface area contributed by atoms with Crippen molar-refractivity contribution >= 4 is 5.78 Å². The Bertz CT molecular complexity index is 141. The van der Waals surface area contributed by atoms with E-state index in [1.165, 1.54) is 4.90 Å². The molecule has 0 radical (unpaired) electrons. The average Bonchev–Trinajstić information content (AvgIpc) is 1.53. The highest BCUT2D eigenvalue weighted by molar-refractivity contribution is 5.80. The molecule has 0 fully saturated rings. The standard InChI is InChI=1S/C6H10F3NO/c1-10(2)4-5(11)3-6(7,8)9/h3-4H2,1-2H3. The van der Waals surface area contributed by atoms with Gasteiger partial charge in [0.25, 0.3) is 0 Å². The van der Waals surface area contributed by atoms with E-state index in [-0.39, 0.29) is 6.54 Å². The van der Waals surface area contributed by atoms with Crippen LogP contribution in [0.15, 0.2) is 0 Å². The van der Waals surface area contributed by atoms with Gasteiger partial charge >= 0.3 is 6.18 Å². The molecule has 0 aromatic heterocycles. The molecule has 0 aliphatic rings. The number of carbonyl (C=O) groups excluding carboxylic acids is 1. The molecule has 0 bridgehead atoms. The Morgan fingerprint density at radius 3 is 2.09 bits per heavy atom. The second-order valence-corrected chi connectivity index (χ2v) is 2.57. The molecule has 0 aromatic rings. The van der Waals surface area contributed by atoms with Gasteiger partial charge in [0.05, 0.1) is 6.54 Å². The molecule has 0 aromatic carbocycles. The predicted molar refractivity (Wildman–Crippen MR) is 34.2 cm³/mol. The molecule has 0 heterocycles. The molecule has 0 saturated carbocycles. The van der Waals surface area contributed by atoms with E-state index in [4.69, 9.17) is 0 Å². The maximum atomic E-state index is 11.5. The van der Waals surface area contributed by atoms with Crippen LogP contribution in [0, 0.1) is 0 Å². The molecule has 0 spiro atoms. The molecule has 0 amide bonds. The Kier molecular flexibility index (Phi) is 3.51. The number of halogens is 3. The van der Waals surface area contributed by atoms with E-state index in [1.807, 2.05) is 0 Å². The lowest BCUT2D eigenvalue weighted by Crippen LogP contribution is -2.25. The molecule has 5 heteroatoms. The second-order valence-electron chi connectivity index (χ2n) is 2.57. The lowest BCUT2D eigenvalue weighted by atomic mass is 10.3. The topological polar surface area (TPSA) is 20.3 Å². The van der Waals surface area contributed by atoms with Crippen molar-refractivity contribution in [2.24, 2.45) is 0 Å². The molecule has 0 aliphatic carbocycles. The highest BCUT2D eigenvalue weighted by Crippen LogP contribution is 2.19. The van der Waals surface area contributed by atoms with Crippen molar-refractivity contribution in [1.82, 2.24) is 4.90 Å². The van der Waals surface area contributed by atoms with Gasteiger partial charge in [-0.1, -0.05) is 0 Å². The van der Waals surface area contributed by atoms with Gasteiger partial charge in [-0.3, -0.25) is 4.79 Å². The monoisotopic (exact) mass is 169 g/mol. The maximum absolute atomic E-state index is 11.5. The van der Waals surface area contributed by atoms with Gasteiger partial charge < -0.3 is 4.90 Å². The third-order valence-corrected chi connectivity index (χ3v) is 0.890. The smallest absolute Gasteiger partial charge is 0.302 e. The van der Waals surface area contributed by atoms with Gasteiger partial charge in [-0.05, 0) is 14.1 Å². The quantitative estimate of drug-likeness (QED) is 0.629. The first-order chi connectivity index (χ1) is 4.81. The Morgan fingerprint density at radius 2 is 1.82 bits per heavy atom. The third kappa shape index (κ3) is 7.32. The van der Waals surface area contributed by atoms with Gasteiger partial charge in [0, 0.05) is 0 Å². The number of Topliss-reactive ketones (excluding diaryl/α,β-unsaturated/α-hetero) is 1. The first-order valence-electron chi connectivity index (χ1n) is 3.04. The van der Waals surface area contributed by atoms with E-state index in [0.717, 1.165) is 0 Å². The van der Waals surface area contributed by atoms with E-state index in [9.17, 15) is 18.0 Å². The summed E-state index contributed by atoms with van der Waals surface area (Å²) in [5, 5.41) is 0. The van der Waals surface area contributed by atoms with E-state index in [2.05, 4.69) is 0 Å². The minimum atomic E-state index is -4.37. The van der Waals surface area contributed by atoms with Gasteiger partial charge in [-0.15, -0.1) is 0 Å². The molecule has 66 valence electrons. The summed E-state index contributed by atoms with van der Waals surface area (Å²) in [5.74, 6) is -0.803. The fourth-order valence-corrected chi connectivity index (χ4v) is 0.632. The molecule has 0 atom stereocenters. The summed E-state index contributed by atoms with van der Waals surface area (Å²) in [6, 6.07) is 0. The number of hydrogen-bond donors (Lipinski definition) is 0. The number of rotatable bonds is 3. The van der Waals surface area contributed by atoms with Crippen LogP contribution < -0.4 is 0 Å². The maximum Gasteiger partial charge on any atom is 0.395 e. The van der Waals surface area contributed by atoms with Crippen LogP contribution in [0.3, 0.4) is 0 Å². The molecular formula is C6H10F3NO. The Balaban J connectivity index is 3.71. The van der Waals surface area contributed by atoms with E-state index in [0.29, 0.717) is 0 Å². The zero-order valence-electron chi connectivity index (χ0n) is 6.40. The van der Waals surface area contributed by atoms with Crippen molar-refractivity contribution in [2.75, 3.05) is 20.6 Å². The molecule has 0 unspecified atom stereocenters. The Labute approximate surface area is 63.0 Å². The molecule has 11 heavy (non-hydrogen) atoms. The minimum Gasteiger partial charge on any atom is -0.302 e. The fourth-order valence-electron chi connectivity index (χ4n) is 0.632. The summed E-state index contributed by atoms with van der Waals surface area (Å²) in [4.78, 5) is 11.9. The van der Waals surface area contributed by atoms with Gasteiger partial charge in [-0.25, -0.2) is 0 Å². The van der Waals surface area contributed by atoms with Gasteiger partial charge in [0.1, 0.15) is 6.42 Å². The summed E-state index contributed by atoms with van der Waals surface area (Å²) in [6.45, 7) is -0.153. The van der Waals surface area contributed by atoms with Crippen LogP contribution in [-0.4, -0.2) is 37.5 Å². The largest absolute Gasteiger partial charge is 0.395 e. The zero-order chi connectivity index (χ0) is 9.07. The van der Waals surface area contributed by atoms with Crippen molar-refractivity contribution in [3.05, 3.63) is 0 Å². The molecule has 0 rings (SSSR count). The average molecular weight is 169 g/mol. The first kappa shape index (κ1) is 10.4. The lowest BCUT2D eigenvalue weighted by Gasteiger charge is -2.09. The van der Waals surface area contributed by atoms with Crippen LogP contribution in [0.4, 0.5) is 13.2 Å². The van der Waals surface area contributed by atoms with E-state index < -0.39 is 18.4 Å². The van der Waals surface area contributed by atoms with Crippen LogP contribution in [0.25, 0.3) is 0 Å². The van der Waals surface area contributed by atoms with E-state index >= 15 is 0 Å². The van der Waals surface area contributed by atoms with Gasteiger partial charge in [0.2, 0.25) is 0 Å². The van der Waals surface area contributed by atoms with E-state index in [1.54, 1.807) is 14.1 Å². The van der Waals surface area contributed by atoms with Crippen molar-refractivity contribution in [3.63, 3.8) is 0 Å². The number of nitrogens with zero attached hydrogens (tertiary/aromatic N) is 1. The number of ketones is 1. The molecule has 2 nitrogen and oxygen atoms in total.